The summed E-state index contributed by atoms with van der Waals surface area (Å²) in [6, 6.07) is 5.50. The van der Waals surface area contributed by atoms with Crippen molar-refractivity contribution in [2.75, 3.05) is 20.8 Å². The largest absolute Gasteiger partial charge is 0.493 e. The molecule has 0 aliphatic heterocycles. The van der Waals surface area contributed by atoms with Crippen molar-refractivity contribution in [1.82, 2.24) is 5.32 Å². The van der Waals surface area contributed by atoms with Crippen LogP contribution in [0.4, 0.5) is 0 Å². The summed E-state index contributed by atoms with van der Waals surface area (Å²) in [7, 11) is 3.14. The number of carbonyl (C=O) groups is 1. The van der Waals surface area contributed by atoms with Gasteiger partial charge in [0, 0.05) is 12.6 Å². The van der Waals surface area contributed by atoms with Crippen LogP contribution in [-0.4, -0.2) is 43.1 Å². The molecule has 6 nitrogen and oxygen atoms in total. The number of carboxylic acids is 1. The highest BCUT2D eigenvalue weighted by atomic mass is 16.5. The molecule has 0 aliphatic rings. The van der Waals surface area contributed by atoms with E-state index in [1.165, 1.54) is 0 Å². The number of aliphatic hydroxyl groups is 1. The van der Waals surface area contributed by atoms with Crippen LogP contribution < -0.4 is 14.8 Å². The van der Waals surface area contributed by atoms with Crippen LogP contribution in [0.2, 0.25) is 0 Å². The number of aliphatic carboxylic acids is 1. The van der Waals surface area contributed by atoms with Gasteiger partial charge in [-0.2, -0.15) is 0 Å². The lowest BCUT2D eigenvalue weighted by molar-refractivity contribution is -0.139. The van der Waals surface area contributed by atoms with Gasteiger partial charge in [0.2, 0.25) is 0 Å². The number of carboxylic acid groups (broad SMARTS) is 1. The van der Waals surface area contributed by atoms with Crippen molar-refractivity contribution in [2.24, 2.45) is 0 Å². The first-order valence-electron chi connectivity index (χ1n) is 6.33. The number of hydrogen-bond donors (Lipinski definition) is 3. The first-order chi connectivity index (χ1) is 9.47. The molecule has 2 unspecified atom stereocenters. The fourth-order valence-corrected chi connectivity index (χ4v) is 1.83. The second-order valence-electron chi connectivity index (χ2n) is 4.50. The Hall–Kier alpha value is -1.79. The van der Waals surface area contributed by atoms with Crippen molar-refractivity contribution in [3.05, 3.63) is 23.8 Å². The summed E-state index contributed by atoms with van der Waals surface area (Å²) in [4.78, 5) is 10.5. The molecule has 3 N–H and O–H groups in total. The quantitative estimate of drug-likeness (QED) is 0.664. The van der Waals surface area contributed by atoms with Gasteiger partial charge in [-0.25, -0.2) is 0 Å². The Morgan fingerprint density at radius 3 is 2.50 bits per heavy atom. The Labute approximate surface area is 118 Å². The Morgan fingerprint density at radius 1 is 1.30 bits per heavy atom. The summed E-state index contributed by atoms with van der Waals surface area (Å²) in [5.41, 5.74) is 0.963. The number of benzene rings is 1. The van der Waals surface area contributed by atoms with E-state index in [0.717, 1.165) is 5.56 Å². The van der Waals surface area contributed by atoms with Gasteiger partial charge in [-0.3, -0.25) is 4.79 Å². The number of ether oxygens (including phenoxy) is 2. The lowest BCUT2D eigenvalue weighted by Gasteiger charge is -2.18. The van der Waals surface area contributed by atoms with Crippen LogP contribution in [0.5, 0.6) is 11.5 Å². The smallest absolute Gasteiger partial charge is 0.306 e. The lowest BCUT2D eigenvalue weighted by Crippen LogP contribution is -2.30. The van der Waals surface area contributed by atoms with Crippen LogP contribution >= 0.6 is 0 Å². The fourth-order valence-electron chi connectivity index (χ4n) is 1.83. The molecular formula is C14H21NO5. The SMILES string of the molecule is COc1ccc(C(C)NCC(O)CC(=O)O)cc1OC. The molecule has 0 saturated carbocycles. The van der Waals surface area contributed by atoms with Crippen molar-refractivity contribution in [3.8, 4) is 11.5 Å². The second kappa shape index (κ2) is 7.72. The maximum absolute atomic E-state index is 10.5. The molecule has 0 heterocycles. The summed E-state index contributed by atoms with van der Waals surface area (Å²) in [6.45, 7) is 2.14. The first-order valence-corrected chi connectivity index (χ1v) is 6.33. The van der Waals surface area contributed by atoms with Gasteiger partial charge in [0.1, 0.15) is 0 Å². The minimum Gasteiger partial charge on any atom is -0.493 e. The van der Waals surface area contributed by atoms with Gasteiger partial charge in [-0.1, -0.05) is 6.07 Å². The highest BCUT2D eigenvalue weighted by Crippen LogP contribution is 2.29. The lowest BCUT2D eigenvalue weighted by atomic mass is 10.1. The molecule has 20 heavy (non-hydrogen) atoms. The van der Waals surface area contributed by atoms with Crippen LogP contribution in [0.1, 0.15) is 24.9 Å². The maximum Gasteiger partial charge on any atom is 0.306 e. The Kier molecular flexibility index (Phi) is 6.27. The highest BCUT2D eigenvalue weighted by Gasteiger charge is 2.13. The van der Waals surface area contributed by atoms with Crippen LogP contribution in [0.25, 0.3) is 0 Å². The summed E-state index contributed by atoms with van der Waals surface area (Å²) in [5.74, 6) is 0.261. The Bertz CT molecular complexity index is 449. The van der Waals surface area contributed by atoms with Gasteiger partial charge in [-0.05, 0) is 24.6 Å². The molecule has 0 aliphatic carbocycles. The fraction of sp³-hybridized carbons (Fsp3) is 0.500. The minimum atomic E-state index is -1.02. The van der Waals surface area contributed by atoms with Crippen molar-refractivity contribution >= 4 is 5.97 Å². The third-order valence-corrected chi connectivity index (χ3v) is 2.98. The number of hydrogen-bond acceptors (Lipinski definition) is 5. The zero-order chi connectivity index (χ0) is 15.1. The van der Waals surface area contributed by atoms with Gasteiger partial charge in [-0.15, -0.1) is 0 Å². The van der Waals surface area contributed by atoms with Crippen molar-refractivity contribution in [1.29, 1.82) is 0 Å². The first kappa shape index (κ1) is 16.3. The summed E-state index contributed by atoms with van der Waals surface area (Å²) in [6.07, 6.45) is -1.18. The van der Waals surface area contributed by atoms with Crippen molar-refractivity contribution < 1.29 is 24.5 Å². The molecular weight excluding hydrogens is 262 g/mol. The zero-order valence-electron chi connectivity index (χ0n) is 11.9. The third-order valence-electron chi connectivity index (χ3n) is 2.98. The van der Waals surface area contributed by atoms with Gasteiger partial charge in [0.05, 0.1) is 26.7 Å². The standard InChI is InChI=1S/C14H21NO5/c1-9(15-8-11(16)7-14(17)18)10-4-5-12(19-2)13(6-10)20-3/h4-6,9,11,15-16H,7-8H2,1-3H3,(H,17,18). The number of methoxy groups -OCH3 is 2. The third kappa shape index (κ3) is 4.71. The number of nitrogens with one attached hydrogen (secondary N) is 1. The summed E-state index contributed by atoms with van der Waals surface area (Å²) in [5, 5.41) is 21.2. The van der Waals surface area contributed by atoms with Crippen LogP contribution in [0.3, 0.4) is 0 Å². The number of rotatable bonds is 8. The van der Waals surface area contributed by atoms with Crippen molar-refractivity contribution in [3.63, 3.8) is 0 Å². The molecule has 1 aromatic rings. The average Bonchev–Trinajstić information content (AvgIpc) is 2.43. The topological polar surface area (TPSA) is 88.0 Å². The van der Waals surface area contributed by atoms with E-state index in [0.29, 0.717) is 11.5 Å². The molecule has 0 fully saturated rings. The van der Waals surface area contributed by atoms with Crippen LogP contribution in [0.15, 0.2) is 18.2 Å². The molecule has 2 atom stereocenters. The van der Waals surface area contributed by atoms with E-state index in [9.17, 15) is 9.90 Å². The highest BCUT2D eigenvalue weighted by molar-refractivity contribution is 5.67. The predicted octanol–water partition coefficient (Wildman–Crippen LogP) is 1.19. The minimum absolute atomic E-state index is 0.0433. The van der Waals surface area contributed by atoms with E-state index in [2.05, 4.69) is 5.32 Å². The summed E-state index contributed by atoms with van der Waals surface area (Å²) < 4.78 is 10.4. The zero-order valence-corrected chi connectivity index (χ0v) is 11.9. The monoisotopic (exact) mass is 283 g/mol. The van der Waals surface area contributed by atoms with E-state index in [-0.39, 0.29) is 19.0 Å². The van der Waals surface area contributed by atoms with Crippen molar-refractivity contribution in [2.45, 2.75) is 25.5 Å². The van der Waals surface area contributed by atoms with Crippen LogP contribution in [-0.2, 0) is 4.79 Å². The molecule has 0 spiro atoms. The van der Waals surface area contributed by atoms with E-state index < -0.39 is 12.1 Å². The maximum atomic E-state index is 10.5. The Balaban J connectivity index is 2.63. The average molecular weight is 283 g/mol. The molecule has 0 saturated heterocycles. The Morgan fingerprint density at radius 2 is 1.95 bits per heavy atom. The molecule has 0 radical (unpaired) electrons. The van der Waals surface area contributed by atoms with E-state index >= 15 is 0 Å². The van der Waals surface area contributed by atoms with E-state index in [4.69, 9.17) is 14.6 Å². The molecule has 112 valence electrons. The second-order valence-corrected chi connectivity index (χ2v) is 4.50. The molecule has 0 bridgehead atoms. The van der Waals surface area contributed by atoms with Gasteiger partial charge in [0.25, 0.3) is 0 Å². The van der Waals surface area contributed by atoms with Gasteiger partial charge in [0.15, 0.2) is 11.5 Å². The predicted molar refractivity (Wildman–Crippen MR) is 74.2 cm³/mol. The van der Waals surface area contributed by atoms with Gasteiger partial charge >= 0.3 is 5.97 Å². The summed E-state index contributed by atoms with van der Waals surface area (Å²) >= 11 is 0. The van der Waals surface area contributed by atoms with Crippen LogP contribution in [0, 0.1) is 0 Å². The molecule has 0 amide bonds. The normalized spacial score (nSPS) is 13.6. The van der Waals surface area contributed by atoms with E-state index in [1.807, 2.05) is 19.1 Å². The molecule has 1 aromatic carbocycles. The molecule has 6 heteroatoms. The molecule has 1 rings (SSSR count). The van der Waals surface area contributed by atoms with E-state index in [1.54, 1.807) is 20.3 Å². The number of aliphatic hydroxyl groups excluding tert-OH is 1. The molecule has 0 aromatic heterocycles. The van der Waals surface area contributed by atoms with Gasteiger partial charge < -0.3 is 25.0 Å².